The molecule has 0 aliphatic heterocycles. The molecule has 0 radical (unpaired) electrons. The molecule has 0 saturated heterocycles. The zero-order chi connectivity index (χ0) is 14.6. The van der Waals surface area contributed by atoms with Gasteiger partial charge in [0.05, 0.1) is 19.2 Å². The summed E-state index contributed by atoms with van der Waals surface area (Å²) < 4.78 is 5.02. The van der Waals surface area contributed by atoms with E-state index in [-0.39, 0.29) is 18.5 Å². The lowest BCUT2D eigenvalue weighted by Crippen LogP contribution is -2.43. The number of carbonyl (C=O) groups is 2. The van der Waals surface area contributed by atoms with Crippen molar-refractivity contribution in [3.05, 3.63) is 23.8 Å². The number of ether oxygens (including phenoxy) is 1. The zero-order valence-electron chi connectivity index (χ0n) is 11.3. The van der Waals surface area contributed by atoms with Crippen LogP contribution < -0.4 is 16.2 Å². The molecular formula is C13H19N3O3. The van der Waals surface area contributed by atoms with Gasteiger partial charge in [0.1, 0.15) is 5.75 Å². The summed E-state index contributed by atoms with van der Waals surface area (Å²) in [5.74, 6) is -0.317. The van der Waals surface area contributed by atoms with Crippen molar-refractivity contribution in [1.29, 1.82) is 0 Å². The standard InChI is InChI=1S/C13H19N3O3/c1-8(2)16(7-12(15)17)13(18)10-5-4-9(19-3)6-11(10)14/h4-6,8H,7,14H2,1-3H3,(H2,15,17). The number of methoxy groups -OCH3 is 1. The Morgan fingerprint density at radius 3 is 2.42 bits per heavy atom. The summed E-state index contributed by atoms with van der Waals surface area (Å²) in [7, 11) is 1.52. The average Bonchev–Trinajstić information content (AvgIpc) is 2.34. The predicted octanol–water partition coefficient (Wildman–Crippen LogP) is 0.613. The lowest BCUT2D eigenvalue weighted by Gasteiger charge is -2.26. The summed E-state index contributed by atoms with van der Waals surface area (Å²) in [4.78, 5) is 24.7. The van der Waals surface area contributed by atoms with Gasteiger partial charge in [0.2, 0.25) is 5.91 Å². The molecule has 1 aromatic rings. The van der Waals surface area contributed by atoms with Gasteiger partial charge in [-0.3, -0.25) is 9.59 Å². The third-order valence-corrected chi connectivity index (χ3v) is 2.70. The van der Waals surface area contributed by atoms with Crippen molar-refractivity contribution in [1.82, 2.24) is 4.90 Å². The molecule has 0 saturated carbocycles. The van der Waals surface area contributed by atoms with Crippen LogP contribution in [0.3, 0.4) is 0 Å². The fourth-order valence-corrected chi connectivity index (χ4v) is 1.67. The summed E-state index contributed by atoms with van der Waals surface area (Å²) in [5, 5.41) is 0. The highest BCUT2D eigenvalue weighted by atomic mass is 16.5. The van der Waals surface area contributed by atoms with E-state index < -0.39 is 5.91 Å². The highest BCUT2D eigenvalue weighted by Gasteiger charge is 2.22. The van der Waals surface area contributed by atoms with Crippen LogP contribution in [0.2, 0.25) is 0 Å². The normalized spacial score (nSPS) is 10.3. The summed E-state index contributed by atoms with van der Waals surface area (Å²) in [6.07, 6.45) is 0. The van der Waals surface area contributed by atoms with Gasteiger partial charge in [-0.15, -0.1) is 0 Å². The van der Waals surface area contributed by atoms with E-state index in [1.54, 1.807) is 32.0 Å². The van der Waals surface area contributed by atoms with E-state index in [2.05, 4.69) is 0 Å². The van der Waals surface area contributed by atoms with Crippen LogP contribution in [-0.4, -0.2) is 36.4 Å². The van der Waals surface area contributed by atoms with Crippen LogP contribution in [0, 0.1) is 0 Å². The van der Waals surface area contributed by atoms with Gasteiger partial charge in [0, 0.05) is 17.8 Å². The van der Waals surface area contributed by atoms with Crippen LogP contribution in [0.25, 0.3) is 0 Å². The van der Waals surface area contributed by atoms with Gasteiger partial charge in [-0.05, 0) is 26.0 Å². The van der Waals surface area contributed by atoms with Crippen molar-refractivity contribution in [2.75, 3.05) is 19.4 Å². The van der Waals surface area contributed by atoms with Gasteiger partial charge >= 0.3 is 0 Å². The van der Waals surface area contributed by atoms with E-state index in [1.165, 1.54) is 12.0 Å². The number of nitrogens with zero attached hydrogens (tertiary/aromatic N) is 1. The first kappa shape index (κ1) is 14.8. The van der Waals surface area contributed by atoms with Crippen LogP contribution in [0.4, 0.5) is 5.69 Å². The SMILES string of the molecule is COc1ccc(C(=O)N(CC(N)=O)C(C)C)c(N)c1. The number of hydrogen-bond acceptors (Lipinski definition) is 4. The number of primary amides is 1. The Kier molecular flexibility index (Phi) is 4.74. The first-order valence-corrected chi connectivity index (χ1v) is 5.89. The van der Waals surface area contributed by atoms with Crippen molar-refractivity contribution in [3.8, 4) is 5.75 Å². The van der Waals surface area contributed by atoms with Gasteiger partial charge in [-0.1, -0.05) is 0 Å². The van der Waals surface area contributed by atoms with Crippen molar-refractivity contribution in [2.45, 2.75) is 19.9 Å². The number of nitrogens with two attached hydrogens (primary N) is 2. The molecule has 0 aromatic heterocycles. The number of carbonyl (C=O) groups excluding carboxylic acids is 2. The molecule has 0 aliphatic rings. The Bertz CT molecular complexity index is 486. The number of rotatable bonds is 5. The second kappa shape index (κ2) is 6.08. The highest BCUT2D eigenvalue weighted by molar-refractivity contribution is 6.01. The molecule has 0 fully saturated rings. The van der Waals surface area contributed by atoms with Crippen LogP contribution in [0.5, 0.6) is 5.75 Å². The first-order chi connectivity index (χ1) is 8.86. The van der Waals surface area contributed by atoms with Gasteiger partial charge in [0.15, 0.2) is 0 Å². The van der Waals surface area contributed by atoms with Crippen LogP contribution in [0.1, 0.15) is 24.2 Å². The molecule has 1 aromatic carbocycles. The Labute approximate surface area is 112 Å². The molecule has 1 rings (SSSR count). The maximum absolute atomic E-state index is 12.3. The summed E-state index contributed by atoms with van der Waals surface area (Å²) in [5.41, 5.74) is 11.6. The van der Waals surface area contributed by atoms with Gasteiger partial charge in [-0.2, -0.15) is 0 Å². The van der Waals surface area contributed by atoms with Gasteiger partial charge in [-0.25, -0.2) is 0 Å². The molecule has 6 nitrogen and oxygen atoms in total. The second-order valence-corrected chi connectivity index (χ2v) is 4.45. The molecule has 6 heteroatoms. The minimum absolute atomic E-state index is 0.137. The van der Waals surface area contributed by atoms with Crippen molar-refractivity contribution >= 4 is 17.5 Å². The number of amides is 2. The van der Waals surface area contributed by atoms with Crippen molar-refractivity contribution < 1.29 is 14.3 Å². The Morgan fingerprint density at radius 2 is 2.00 bits per heavy atom. The maximum Gasteiger partial charge on any atom is 0.256 e. The van der Waals surface area contributed by atoms with Crippen molar-refractivity contribution in [2.24, 2.45) is 5.73 Å². The first-order valence-electron chi connectivity index (χ1n) is 5.89. The monoisotopic (exact) mass is 265 g/mol. The average molecular weight is 265 g/mol. The van der Waals surface area contributed by atoms with Gasteiger partial charge < -0.3 is 21.1 Å². The summed E-state index contributed by atoms with van der Waals surface area (Å²) in [6.45, 7) is 3.48. The fraction of sp³-hybridized carbons (Fsp3) is 0.385. The largest absolute Gasteiger partial charge is 0.497 e. The predicted molar refractivity (Wildman–Crippen MR) is 72.8 cm³/mol. The molecule has 2 amide bonds. The Hall–Kier alpha value is -2.24. The molecule has 19 heavy (non-hydrogen) atoms. The number of anilines is 1. The third-order valence-electron chi connectivity index (χ3n) is 2.70. The van der Waals surface area contributed by atoms with E-state index in [1.807, 2.05) is 0 Å². The number of nitrogen functional groups attached to an aromatic ring is 1. The van der Waals surface area contributed by atoms with E-state index in [0.717, 1.165) is 0 Å². The topological polar surface area (TPSA) is 98.6 Å². The lowest BCUT2D eigenvalue weighted by atomic mass is 10.1. The zero-order valence-corrected chi connectivity index (χ0v) is 11.3. The molecule has 0 atom stereocenters. The molecule has 0 unspecified atom stereocenters. The van der Waals surface area contributed by atoms with Crippen LogP contribution in [-0.2, 0) is 4.79 Å². The van der Waals surface area contributed by atoms with E-state index in [9.17, 15) is 9.59 Å². The Balaban J connectivity index is 3.06. The van der Waals surface area contributed by atoms with Crippen molar-refractivity contribution in [3.63, 3.8) is 0 Å². The highest BCUT2D eigenvalue weighted by Crippen LogP contribution is 2.21. The molecule has 0 aliphatic carbocycles. The van der Waals surface area contributed by atoms with Crippen LogP contribution in [0.15, 0.2) is 18.2 Å². The Morgan fingerprint density at radius 1 is 1.37 bits per heavy atom. The maximum atomic E-state index is 12.3. The molecule has 0 bridgehead atoms. The van der Waals surface area contributed by atoms with Gasteiger partial charge in [0.25, 0.3) is 5.91 Å². The second-order valence-electron chi connectivity index (χ2n) is 4.45. The molecule has 0 heterocycles. The van der Waals surface area contributed by atoms with Crippen LogP contribution >= 0.6 is 0 Å². The van der Waals surface area contributed by atoms with E-state index in [0.29, 0.717) is 17.0 Å². The smallest absolute Gasteiger partial charge is 0.256 e. The van der Waals surface area contributed by atoms with E-state index in [4.69, 9.17) is 16.2 Å². The molecule has 0 spiro atoms. The van der Waals surface area contributed by atoms with E-state index >= 15 is 0 Å². The minimum atomic E-state index is -0.561. The fourth-order valence-electron chi connectivity index (χ4n) is 1.67. The quantitative estimate of drug-likeness (QED) is 0.762. The molecule has 104 valence electrons. The lowest BCUT2D eigenvalue weighted by molar-refractivity contribution is -0.119. The summed E-state index contributed by atoms with van der Waals surface area (Å²) in [6, 6.07) is 4.64. The third kappa shape index (κ3) is 3.61. The molecular weight excluding hydrogens is 246 g/mol. The minimum Gasteiger partial charge on any atom is -0.497 e. The summed E-state index contributed by atoms with van der Waals surface area (Å²) >= 11 is 0. The number of benzene rings is 1. The molecule has 4 N–H and O–H groups in total. The number of hydrogen-bond donors (Lipinski definition) is 2.